The van der Waals surface area contributed by atoms with Crippen LogP contribution in [0, 0.1) is 0 Å². The van der Waals surface area contributed by atoms with Crippen LogP contribution in [-0.4, -0.2) is 49.3 Å². The molecule has 0 amide bonds. The average molecular weight is 470 g/mol. The molecule has 1 aliphatic rings. The second-order valence-electron chi connectivity index (χ2n) is 6.08. The largest absolute Gasteiger partial charge is 0.401 e. The molecule has 0 aromatic heterocycles. The summed E-state index contributed by atoms with van der Waals surface area (Å²) in [6.45, 7) is 4.55. The lowest BCUT2D eigenvalue weighted by molar-refractivity contribution is -0.143. The first-order chi connectivity index (χ1) is 11.4. The molecule has 2 unspecified atom stereocenters. The Kier molecular flexibility index (Phi) is 8.98. The van der Waals surface area contributed by atoms with Crippen molar-refractivity contribution in [2.75, 3.05) is 26.2 Å². The number of nitrogens with zero attached hydrogens (tertiary/aromatic N) is 2. The van der Waals surface area contributed by atoms with E-state index in [1.165, 1.54) is 4.90 Å². The second-order valence-corrected chi connectivity index (χ2v) is 6.08. The van der Waals surface area contributed by atoms with Gasteiger partial charge in [0.25, 0.3) is 0 Å². The molecule has 1 aromatic carbocycles. The molecule has 2 N–H and O–H groups in total. The highest BCUT2D eigenvalue weighted by molar-refractivity contribution is 14.0. The maximum Gasteiger partial charge on any atom is 0.401 e. The second kappa shape index (κ2) is 10.2. The van der Waals surface area contributed by atoms with E-state index in [1.54, 1.807) is 0 Å². The quantitative estimate of drug-likeness (QED) is 0.393. The first-order valence-corrected chi connectivity index (χ1v) is 8.29. The molecule has 1 fully saturated rings. The lowest BCUT2D eigenvalue weighted by Crippen LogP contribution is -2.46. The molecule has 1 aromatic rings. The molecule has 0 radical (unpaired) electrons. The number of likely N-dealkylation sites (tertiary alicyclic amines) is 1. The first-order valence-electron chi connectivity index (χ1n) is 8.29. The van der Waals surface area contributed by atoms with E-state index in [0.717, 1.165) is 5.56 Å². The smallest absolute Gasteiger partial charge is 0.352 e. The molecule has 0 saturated carbocycles. The molecule has 0 bridgehead atoms. The molecule has 142 valence electrons. The minimum atomic E-state index is -4.14. The Morgan fingerprint density at radius 2 is 2.00 bits per heavy atom. The number of rotatable bonds is 5. The fourth-order valence-corrected chi connectivity index (χ4v) is 2.86. The SMILES string of the molecule is CCN=C(NC1CCN(CC(F)(F)F)C1)NC(C)c1ccccc1.I. The molecular weight excluding hydrogens is 444 g/mol. The van der Waals surface area contributed by atoms with Crippen molar-refractivity contribution < 1.29 is 13.2 Å². The first kappa shape index (κ1) is 22.0. The predicted molar refractivity (Wildman–Crippen MR) is 105 cm³/mol. The summed E-state index contributed by atoms with van der Waals surface area (Å²) in [5, 5.41) is 6.59. The number of benzene rings is 1. The molecule has 0 spiro atoms. The van der Waals surface area contributed by atoms with E-state index < -0.39 is 12.7 Å². The van der Waals surface area contributed by atoms with Gasteiger partial charge in [0.15, 0.2) is 5.96 Å². The van der Waals surface area contributed by atoms with Crippen LogP contribution in [-0.2, 0) is 0 Å². The van der Waals surface area contributed by atoms with Crippen molar-refractivity contribution in [3.05, 3.63) is 35.9 Å². The molecule has 0 aliphatic carbocycles. The Hall–Kier alpha value is -1.03. The molecule has 2 atom stereocenters. The Morgan fingerprint density at radius 1 is 1.32 bits per heavy atom. The van der Waals surface area contributed by atoms with Crippen LogP contribution < -0.4 is 10.6 Å². The van der Waals surface area contributed by atoms with Gasteiger partial charge in [0.1, 0.15) is 0 Å². The summed E-state index contributed by atoms with van der Waals surface area (Å²) in [5.74, 6) is 0.646. The van der Waals surface area contributed by atoms with Crippen molar-refractivity contribution in [2.24, 2.45) is 4.99 Å². The van der Waals surface area contributed by atoms with Gasteiger partial charge in [-0.2, -0.15) is 13.2 Å². The van der Waals surface area contributed by atoms with E-state index in [9.17, 15) is 13.2 Å². The van der Waals surface area contributed by atoms with Crippen LogP contribution in [0.1, 0.15) is 31.9 Å². The van der Waals surface area contributed by atoms with E-state index in [1.807, 2.05) is 44.2 Å². The molecule has 1 heterocycles. The van der Waals surface area contributed by atoms with Crippen molar-refractivity contribution in [1.29, 1.82) is 0 Å². The lowest BCUT2D eigenvalue weighted by atomic mass is 10.1. The van der Waals surface area contributed by atoms with Gasteiger partial charge in [0, 0.05) is 25.7 Å². The zero-order valence-corrected chi connectivity index (χ0v) is 16.8. The molecule has 2 rings (SSSR count). The highest BCUT2D eigenvalue weighted by atomic mass is 127. The maximum atomic E-state index is 12.5. The third kappa shape index (κ3) is 7.81. The zero-order chi connectivity index (χ0) is 17.6. The maximum absolute atomic E-state index is 12.5. The number of alkyl halides is 3. The molecule has 1 saturated heterocycles. The highest BCUT2D eigenvalue weighted by Crippen LogP contribution is 2.20. The summed E-state index contributed by atoms with van der Waals surface area (Å²) in [6, 6.07) is 10.0. The monoisotopic (exact) mass is 470 g/mol. The van der Waals surface area contributed by atoms with Crippen LogP contribution in [0.25, 0.3) is 0 Å². The molecule has 4 nitrogen and oxygen atoms in total. The van der Waals surface area contributed by atoms with Gasteiger partial charge in [-0.1, -0.05) is 30.3 Å². The van der Waals surface area contributed by atoms with Crippen LogP contribution in [0.5, 0.6) is 0 Å². The van der Waals surface area contributed by atoms with Gasteiger partial charge in [-0.3, -0.25) is 9.89 Å². The third-order valence-electron chi connectivity index (χ3n) is 3.99. The third-order valence-corrected chi connectivity index (χ3v) is 3.99. The van der Waals surface area contributed by atoms with Gasteiger partial charge in [-0.05, 0) is 25.8 Å². The highest BCUT2D eigenvalue weighted by Gasteiger charge is 2.34. The summed E-state index contributed by atoms with van der Waals surface area (Å²) in [5.41, 5.74) is 1.13. The van der Waals surface area contributed by atoms with Gasteiger partial charge < -0.3 is 10.6 Å². The Bertz CT molecular complexity index is 536. The van der Waals surface area contributed by atoms with Crippen LogP contribution >= 0.6 is 24.0 Å². The number of nitrogens with one attached hydrogen (secondary N) is 2. The van der Waals surface area contributed by atoms with Crippen molar-refractivity contribution in [3.8, 4) is 0 Å². The number of guanidine groups is 1. The molecular formula is C17H26F3IN4. The molecule has 1 aliphatic heterocycles. The fourth-order valence-electron chi connectivity index (χ4n) is 2.86. The minimum Gasteiger partial charge on any atom is -0.352 e. The van der Waals surface area contributed by atoms with E-state index in [4.69, 9.17) is 0 Å². The number of aliphatic imine (C=N–C) groups is 1. The normalized spacial score (nSPS) is 20.0. The fraction of sp³-hybridized carbons (Fsp3) is 0.588. The van der Waals surface area contributed by atoms with Crippen LogP contribution in [0.2, 0.25) is 0 Å². The molecule has 25 heavy (non-hydrogen) atoms. The Balaban J connectivity index is 0.00000312. The summed E-state index contributed by atoms with van der Waals surface area (Å²) in [6.07, 6.45) is -3.46. The predicted octanol–water partition coefficient (Wildman–Crippen LogP) is 3.56. The van der Waals surface area contributed by atoms with Gasteiger partial charge in [-0.15, -0.1) is 24.0 Å². The summed E-state index contributed by atoms with van der Waals surface area (Å²) < 4.78 is 37.4. The van der Waals surface area contributed by atoms with Crippen molar-refractivity contribution in [3.63, 3.8) is 0 Å². The lowest BCUT2D eigenvalue weighted by Gasteiger charge is -2.22. The summed E-state index contributed by atoms with van der Waals surface area (Å²) >= 11 is 0. The van der Waals surface area contributed by atoms with Gasteiger partial charge in [0.05, 0.1) is 12.6 Å². The van der Waals surface area contributed by atoms with Crippen LogP contribution in [0.3, 0.4) is 0 Å². The summed E-state index contributed by atoms with van der Waals surface area (Å²) in [4.78, 5) is 5.84. The zero-order valence-electron chi connectivity index (χ0n) is 14.5. The van der Waals surface area contributed by atoms with Crippen molar-refractivity contribution in [2.45, 2.75) is 38.5 Å². The number of hydrogen-bond donors (Lipinski definition) is 2. The molecule has 8 heteroatoms. The van der Waals surface area contributed by atoms with Crippen LogP contribution in [0.4, 0.5) is 13.2 Å². The van der Waals surface area contributed by atoms with Gasteiger partial charge in [-0.25, -0.2) is 0 Å². The van der Waals surface area contributed by atoms with Crippen molar-refractivity contribution in [1.82, 2.24) is 15.5 Å². The average Bonchev–Trinajstić information content (AvgIpc) is 2.93. The van der Waals surface area contributed by atoms with E-state index in [0.29, 0.717) is 32.0 Å². The Labute approximate surface area is 164 Å². The van der Waals surface area contributed by atoms with Crippen LogP contribution in [0.15, 0.2) is 35.3 Å². The standard InChI is InChI=1S/C17H25F3N4.HI/c1-3-21-16(22-13(2)14-7-5-4-6-8-14)23-15-9-10-24(11-15)12-17(18,19)20;/h4-8,13,15H,3,9-12H2,1-2H3,(H2,21,22,23);1H. The minimum absolute atomic E-state index is 0. The Morgan fingerprint density at radius 3 is 2.60 bits per heavy atom. The van der Waals surface area contributed by atoms with E-state index >= 15 is 0 Å². The van der Waals surface area contributed by atoms with E-state index in [2.05, 4.69) is 15.6 Å². The van der Waals surface area contributed by atoms with E-state index in [-0.39, 0.29) is 36.1 Å². The van der Waals surface area contributed by atoms with Crippen molar-refractivity contribution >= 4 is 29.9 Å². The van der Waals surface area contributed by atoms with Gasteiger partial charge in [0.2, 0.25) is 0 Å². The van der Waals surface area contributed by atoms with Gasteiger partial charge >= 0.3 is 6.18 Å². The summed E-state index contributed by atoms with van der Waals surface area (Å²) in [7, 11) is 0. The number of hydrogen-bond acceptors (Lipinski definition) is 2. The number of halogens is 4. The topological polar surface area (TPSA) is 39.7 Å².